The predicted molar refractivity (Wildman–Crippen MR) is 111 cm³/mol. The van der Waals surface area contributed by atoms with Gasteiger partial charge in [0.15, 0.2) is 17.5 Å². The first-order chi connectivity index (χ1) is 13.1. The number of guanidine groups is 1. The molecule has 27 heavy (non-hydrogen) atoms. The number of methoxy groups -OCH3 is 1. The van der Waals surface area contributed by atoms with Gasteiger partial charge < -0.3 is 25.0 Å². The lowest BCUT2D eigenvalue weighted by Crippen LogP contribution is -2.30. The SMILES string of the molecule is CCNC(=NCc1ccnc(N(C)C)c1)Nc1ccc(OCC)c(OC)c1. The van der Waals surface area contributed by atoms with Gasteiger partial charge in [0.05, 0.1) is 20.3 Å². The second-order valence-corrected chi connectivity index (χ2v) is 6.04. The molecule has 2 N–H and O–H groups in total. The van der Waals surface area contributed by atoms with Crippen LogP contribution in [0.4, 0.5) is 11.5 Å². The molecule has 0 aliphatic rings. The van der Waals surface area contributed by atoms with E-state index in [1.54, 1.807) is 13.3 Å². The summed E-state index contributed by atoms with van der Waals surface area (Å²) in [6.45, 7) is 5.88. The molecule has 0 spiro atoms. The van der Waals surface area contributed by atoms with Crippen molar-refractivity contribution in [2.75, 3.05) is 44.6 Å². The number of aromatic nitrogens is 1. The third-order valence-electron chi connectivity index (χ3n) is 3.76. The zero-order valence-corrected chi connectivity index (χ0v) is 16.7. The fourth-order valence-corrected chi connectivity index (χ4v) is 2.44. The first-order valence-corrected chi connectivity index (χ1v) is 9.05. The molecular weight excluding hydrogens is 342 g/mol. The summed E-state index contributed by atoms with van der Waals surface area (Å²) in [6, 6.07) is 9.73. The summed E-state index contributed by atoms with van der Waals surface area (Å²) >= 11 is 0. The molecule has 1 aromatic heterocycles. The number of hydrogen-bond acceptors (Lipinski definition) is 5. The highest BCUT2D eigenvalue weighted by Gasteiger charge is 2.07. The number of nitrogens with zero attached hydrogens (tertiary/aromatic N) is 3. The van der Waals surface area contributed by atoms with Crippen LogP contribution in [0.2, 0.25) is 0 Å². The molecule has 0 saturated heterocycles. The summed E-state index contributed by atoms with van der Waals surface area (Å²) in [5, 5.41) is 6.57. The van der Waals surface area contributed by atoms with Gasteiger partial charge in [-0.05, 0) is 43.7 Å². The molecule has 0 amide bonds. The molecule has 1 aromatic carbocycles. The lowest BCUT2D eigenvalue weighted by Gasteiger charge is -2.15. The van der Waals surface area contributed by atoms with Crippen molar-refractivity contribution in [3.63, 3.8) is 0 Å². The van der Waals surface area contributed by atoms with E-state index in [-0.39, 0.29) is 0 Å². The summed E-state index contributed by atoms with van der Waals surface area (Å²) in [7, 11) is 5.58. The largest absolute Gasteiger partial charge is 0.493 e. The van der Waals surface area contributed by atoms with Gasteiger partial charge in [-0.25, -0.2) is 9.98 Å². The number of rotatable bonds is 8. The number of benzene rings is 1. The van der Waals surface area contributed by atoms with Gasteiger partial charge in [-0.15, -0.1) is 0 Å². The van der Waals surface area contributed by atoms with Gasteiger partial charge in [-0.2, -0.15) is 0 Å². The lowest BCUT2D eigenvalue weighted by molar-refractivity contribution is 0.311. The van der Waals surface area contributed by atoms with Crippen LogP contribution in [0.15, 0.2) is 41.5 Å². The minimum atomic E-state index is 0.548. The van der Waals surface area contributed by atoms with E-state index >= 15 is 0 Å². The lowest BCUT2D eigenvalue weighted by atomic mass is 10.2. The van der Waals surface area contributed by atoms with E-state index in [0.29, 0.717) is 24.9 Å². The number of anilines is 2. The topological polar surface area (TPSA) is 71.0 Å². The van der Waals surface area contributed by atoms with Gasteiger partial charge in [-0.1, -0.05) is 0 Å². The third-order valence-corrected chi connectivity index (χ3v) is 3.76. The van der Waals surface area contributed by atoms with Crippen molar-refractivity contribution in [1.82, 2.24) is 10.3 Å². The summed E-state index contributed by atoms with van der Waals surface area (Å²) in [5.41, 5.74) is 1.97. The third kappa shape index (κ3) is 6.06. The molecule has 0 unspecified atom stereocenters. The second kappa shape index (κ2) is 10.3. The van der Waals surface area contributed by atoms with Crippen LogP contribution >= 0.6 is 0 Å². The standard InChI is InChI=1S/C20H29N5O2/c1-6-21-20(23-14-15-10-11-22-19(12-15)25(3)4)24-16-8-9-17(27-7-2)18(13-16)26-5/h8-13H,6-7,14H2,1-5H3,(H2,21,23,24). The minimum absolute atomic E-state index is 0.548. The van der Waals surface area contributed by atoms with Gasteiger partial charge in [0, 0.05) is 38.6 Å². The van der Waals surface area contributed by atoms with Crippen LogP contribution in [-0.2, 0) is 6.54 Å². The van der Waals surface area contributed by atoms with Crippen molar-refractivity contribution in [1.29, 1.82) is 0 Å². The van der Waals surface area contributed by atoms with Crippen molar-refractivity contribution in [2.24, 2.45) is 4.99 Å². The Kier molecular flexibility index (Phi) is 7.73. The molecule has 146 valence electrons. The Balaban J connectivity index is 2.15. The Morgan fingerprint density at radius 1 is 1.15 bits per heavy atom. The maximum absolute atomic E-state index is 5.56. The minimum Gasteiger partial charge on any atom is -0.493 e. The molecule has 2 aromatic rings. The van der Waals surface area contributed by atoms with E-state index in [1.165, 1.54) is 0 Å². The van der Waals surface area contributed by atoms with E-state index < -0.39 is 0 Å². The van der Waals surface area contributed by atoms with Crippen LogP contribution < -0.4 is 25.0 Å². The smallest absolute Gasteiger partial charge is 0.196 e. The number of hydrogen-bond donors (Lipinski definition) is 2. The van der Waals surface area contributed by atoms with Crippen LogP contribution in [0.1, 0.15) is 19.4 Å². The van der Waals surface area contributed by atoms with Crippen molar-refractivity contribution in [3.8, 4) is 11.5 Å². The Labute approximate surface area is 161 Å². The molecule has 0 radical (unpaired) electrons. The van der Waals surface area contributed by atoms with Gasteiger partial charge >= 0.3 is 0 Å². The molecule has 2 rings (SSSR count). The Bertz CT molecular complexity index is 762. The van der Waals surface area contributed by atoms with E-state index in [4.69, 9.17) is 9.47 Å². The molecule has 0 bridgehead atoms. The molecule has 7 nitrogen and oxygen atoms in total. The maximum Gasteiger partial charge on any atom is 0.196 e. The van der Waals surface area contributed by atoms with Crippen LogP contribution in [0.25, 0.3) is 0 Å². The zero-order chi connectivity index (χ0) is 19.6. The second-order valence-electron chi connectivity index (χ2n) is 6.04. The van der Waals surface area contributed by atoms with Gasteiger partial charge in [0.25, 0.3) is 0 Å². The molecule has 1 heterocycles. The number of aliphatic imine (C=N–C) groups is 1. The molecule has 0 saturated carbocycles. The molecule has 0 fully saturated rings. The van der Waals surface area contributed by atoms with Crippen molar-refractivity contribution >= 4 is 17.5 Å². The highest BCUT2D eigenvalue weighted by Crippen LogP contribution is 2.30. The highest BCUT2D eigenvalue weighted by molar-refractivity contribution is 5.93. The van der Waals surface area contributed by atoms with Crippen molar-refractivity contribution in [3.05, 3.63) is 42.1 Å². The van der Waals surface area contributed by atoms with Crippen LogP contribution in [0.3, 0.4) is 0 Å². The summed E-state index contributed by atoms with van der Waals surface area (Å²) in [5.74, 6) is 3.02. The normalized spacial score (nSPS) is 11.1. The average Bonchev–Trinajstić information content (AvgIpc) is 2.67. The number of ether oxygens (including phenoxy) is 2. The monoisotopic (exact) mass is 371 g/mol. The number of nitrogens with one attached hydrogen (secondary N) is 2. The molecule has 0 atom stereocenters. The van der Waals surface area contributed by atoms with Crippen molar-refractivity contribution < 1.29 is 9.47 Å². The molecule has 7 heteroatoms. The molecule has 0 aliphatic carbocycles. The Morgan fingerprint density at radius 3 is 2.63 bits per heavy atom. The zero-order valence-electron chi connectivity index (χ0n) is 16.7. The van der Waals surface area contributed by atoms with Gasteiger partial charge in [0.1, 0.15) is 5.82 Å². The van der Waals surface area contributed by atoms with Crippen LogP contribution in [0, 0.1) is 0 Å². The average molecular weight is 371 g/mol. The van der Waals surface area contributed by atoms with Gasteiger partial charge in [0.2, 0.25) is 0 Å². The maximum atomic E-state index is 5.56. The van der Waals surface area contributed by atoms with E-state index in [9.17, 15) is 0 Å². The fourth-order valence-electron chi connectivity index (χ4n) is 2.44. The Hall–Kier alpha value is -2.96. The highest BCUT2D eigenvalue weighted by atomic mass is 16.5. The fraction of sp³-hybridized carbons (Fsp3) is 0.400. The quantitative estimate of drug-likeness (QED) is 0.549. The molecule has 0 aliphatic heterocycles. The summed E-state index contributed by atoms with van der Waals surface area (Å²) in [4.78, 5) is 11.0. The summed E-state index contributed by atoms with van der Waals surface area (Å²) < 4.78 is 11.0. The summed E-state index contributed by atoms with van der Waals surface area (Å²) in [6.07, 6.45) is 1.80. The number of pyridine rings is 1. The van der Waals surface area contributed by atoms with Crippen molar-refractivity contribution in [2.45, 2.75) is 20.4 Å². The first kappa shape index (κ1) is 20.4. The Morgan fingerprint density at radius 2 is 1.96 bits per heavy atom. The van der Waals surface area contributed by atoms with E-state index in [1.807, 2.05) is 63.2 Å². The van der Waals surface area contributed by atoms with E-state index in [0.717, 1.165) is 29.4 Å². The van der Waals surface area contributed by atoms with Gasteiger partial charge in [-0.3, -0.25) is 0 Å². The first-order valence-electron chi connectivity index (χ1n) is 9.05. The molecular formula is C20H29N5O2. The van der Waals surface area contributed by atoms with E-state index in [2.05, 4.69) is 20.6 Å². The van der Waals surface area contributed by atoms with Crippen LogP contribution in [-0.4, -0.2) is 45.3 Å². The predicted octanol–water partition coefficient (Wildman–Crippen LogP) is 3.13. The van der Waals surface area contributed by atoms with Crippen LogP contribution in [0.5, 0.6) is 11.5 Å².